The molecule has 0 saturated heterocycles. The molecule has 5 heteroatoms. The minimum absolute atomic E-state index is 0.327. The highest BCUT2D eigenvalue weighted by Gasteiger charge is 2.26. The number of aromatic carboxylic acids is 1. The molecule has 0 bridgehead atoms. The number of benzene rings is 1. The summed E-state index contributed by atoms with van der Waals surface area (Å²) in [5.74, 6) is -0.455. The van der Waals surface area contributed by atoms with Gasteiger partial charge in [0.2, 0.25) is 0 Å². The van der Waals surface area contributed by atoms with Gasteiger partial charge in [0, 0.05) is 11.1 Å². The molecule has 0 fully saturated rings. The van der Waals surface area contributed by atoms with Gasteiger partial charge >= 0.3 is 5.97 Å². The van der Waals surface area contributed by atoms with Crippen LogP contribution in [0.5, 0.6) is 0 Å². The number of carboxylic acids is 1. The summed E-state index contributed by atoms with van der Waals surface area (Å²) in [6.07, 6.45) is 2.55. The first kappa shape index (κ1) is 13.7. The molecule has 104 valence electrons. The van der Waals surface area contributed by atoms with Crippen molar-refractivity contribution in [2.75, 3.05) is 0 Å². The van der Waals surface area contributed by atoms with Crippen molar-refractivity contribution in [2.45, 2.75) is 26.2 Å². The molecule has 20 heavy (non-hydrogen) atoms. The Hall–Kier alpha value is -1.32. The van der Waals surface area contributed by atoms with E-state index in [1.807, 2.05) is 0 Å². The van der Waals surface area contributed by atoms with Crippen molar-refractivity contribution in [3.8, 4) is 0 Å². The molecule has 1 N–H and O–H groups in total. The van der Waals surface area contributed by atoms with Crippen molar-refractivity contribution in [3.05, 3.63) is 39.0 Å². The van der Waals surface area contributed by atoms with Gasteiger partial charge in [-0.25, -0.2) is 4.79 Å². The lowest BCUT2D eigenvalue weighted by Crippen LogP contribution is -2.18. The molecule has 2 aromatic rings. The van der Waals surface area contributed by atoms with E-state index in [9.17, 15) is 9.90 Å². The van der Waals surface area contributed by atoms with E-state index in [0.717, 1.165) is 30.5 Å². The summed E-state index contributed by atoms with van der Waals surface area (Å²) in [6, 6.07) is 3.32. The monoisotopic (exact) mass is 309 g/mol. The summed E-state index contributed by atoms with van der Waals surface area (Å²) in [5.41, 5.74) is 2.51. The fourth-order valence-corrected chi connectivity index (χ4v) is 3.22. The zero-order chi connectivity index (χ0) is 14.4. The van der Waals surface area contributed by atoms with Crippen LogP contribution in [0, 0.1) is 5.92 Å². The predicted molar refractivity (Wildman–Crippen MR) is 79.9 cm³/mol. The number of fused-ring (bicyclic) bond motifs is 2. The third-order valence-electron chi connectivity index (χ3n) is 3.88. The van der Waals surface area contributed by atoms with E-state index in [-0.39, 0.29) is 0 Å². The molecule has 0 amide bonds. The van der Waals surface area contributed by atoms with Gasteiger partial charge in [-0.1, -0.05) is 36.2 Å². The smallest absolute Gasteiger partial charge is 0.336 e. The molecule has 1 atom stereocenters. The molecule has 0 aliphatic heterocycles. The first-order chi connectivity index (χ1) is 9.49. The average Bonchev–Trinajstić information content (AvgIpc) is 2.40. The Morgan fingerprint density at radius 1 is 1.40 bits per heavy atom. The van der Waals surface area contributed by atoms with Crippen LogP contribution in [0.15, 0.2) is 12.1 Å². The zero-order valence-electron chi connectivity index (χ0n) is 10.9. The fraction of sp³-hybridized carbons (Fsp3) is 0.333. The average molecular weight is 310 g/mol. The third kappa shape index (κ3) is 2.05. The van der Waals surface area contributed by atoms with Crippen LogP contribution in [0.1, 0.15) is 35.0 Å². The number of carbonyl (C=O) groups is 1. The Balaban J connectivity index is 2.41. The number of pyridine rings is 1. The third-order valence-corrected chi connectivity index (χ3v) is 4.67. The maximum absolute atomic E-state index is 11.7. The summed E-state index contributed by atoms with van der Waals surface area (Å²) >= 11 is 12.2. The number of aromatic nitrogens is 1. The van der Waals surface area contributed by atoms with Gasteiger partial charge in [0.15, 0.2) is 0 Å². The number of hydrogen-bond donors (Lipinski definition) is 1. The van der Waals surface area contributed by atoms with Crippen molar-refractivity contribution in [3.63, 3.8) is 0 Å². The Bertz CT molecular complexity index is 728. The number of aryl methyl sites for hydroxylation is 1. The molecule has 1 aliphatic rings. The molecule has 3 nitrogen and oxygen atoms in total. The molecule has 0 radical (unpaired) electrons. The second kappa shape index (κ2) is 4.90. The molecule has 0 saturated carbocycles. The van der Waals surface area contributed by atoms with Crippen LogP contribution in [0.4, 0.5) is 0 Å². The van der Waals surface area contributed by atoms with E-state index in [1.54, 1.807) is 12.1 Å². The van der Waals surface area contributed by atoms with E-state index in [1.165, 1.54) is 0 Å². The largest absolute Gasteiger partial charge is 0.478 e. The number of hydrogen-bond acceptors (Lipinski definition) is 2. The summed E-state index contributed by atoms with van der Waals surface area (Å²) in [4.78, 5) is 16.3. The zero-order valence-corrected chi connectivity index (χ0v) is 12.4. The highest BCUT2D eigenvalue weighted by Crippen LogP contribution is 2.36. The van der Waals surface area contributed by atoms with Crippen molar-refractivity contribution in [2.24, 2.45) is 5.92 Å². The van der Waals surface area contributed by atoms with E-state index in [2.05, 4.69) is 11.9 Å². The molecule has 3 rings (SSSR count). The maximum Gasteiger partial charge on any atom is 0.336 e. The second-order valence-electron chi connectivity index (χ2n) is 5.32. The van der Waals surface area contributed by atoms with Crippen molar-refractivity contribution >= 4 is 40.1 Å². The van der Waals surface area contributed by atoms with Gasteiger partial charge in [0.1, 0.15) is 0 Å². The Kier molecular flexibility index (Phi) is 3.35. The summed E-state index contributed by atoms with van der Waals surface area (Å²) in [6.45, 7) is 2.13. The summed E-state index contributed by atoms with van der Waals surface area (Å²) < 4.78 is 0. The first-order valence-corrected chi connectivity index (χ1v) is 7.27. The lowest BCUT2D eigenvalue weighted by Gasteiger charge is -2.23. The van der Waals surface area contributed by atoms with Crippen molar-refractivity contribution in [1.29, 1.82) is 0 Å². The molecule has 1 aromatic heterocycles. The predicted octanol–water partition coefficient (Wildman–Crippen LogP) is 4.36. The molecular weight excluding hydrogens is 297 g/mol. The number of rotatable bonds is 1. The van der Waals surface area contributed by atoms with Crippen LogP contribution in [0.3, 0.4) is 0 Å². The van der Waals surface area contributed by atoms with E-state index >= 15 is 0 Å². The van der Waals surface area contributed by atoms with Crippen LogP contribution >= 0.6 is 23.2 Å². The van der Waals surface area contributed by atoms with Crippen LogP contribution in [-0.4, -0.2) is 16.1 Å². The maximum atomic E-state index is 11.7. The lowest BCUT2D eigenvalue weighted by atomic mass is 9.84. The first-order valence-electron chi connectivity index (χ1n) is 6.51. The minimum Gasteiger partial charge on any atom is -0.478 e. The number of carboxylic acid groups (broad SMARTS) is 1. The standard InChI is InChI=1S/C15H13Cl2NO2/c1-7-2-5-11-9(6-7)12(15(19)20)8-3-4-10(16)13(17)14(8)18-11/h3-4,7H,2,5-6H2,1H3,(H,19,20). The second-order valence-corrected chi connectivity index (χ2v) is 6.11. The molecule has 1 heterocycles. The van der Waals surface area contributed by atoms with Gasteiger partial charge in [-0.2, -0.15) is 0 Å². The fourth-order valence-electron chi connectivity index (χ4n) is 2.86. The quantitative estimate of drug-likeness (QED) is 0.851. The molecule has 1 aromatic carbocycles. The minimum atomic E-state index is -0.930. The molecule has 1 aliphatic carbocycles. The van der Waals surface area contributed by atoms with Gasteiger partial charge in [-0.15, -0.1) is 0 Å². The van der Waals surface area contributed by atoms with E-state index < -0.39 is 5.97 Å². The van der Waals surface area contributed by atoms with Crippen molar-refractivity contribution in [1.82, 2.24) is 4.98 Å². The topological polar surface area (TPSA) is 50.2 Å². The van der Waals surface area contributed by atoms with Crippen molar-refractivity contribution < 1.29 is 9.90 Å². The number of halogens is 2. The lowest BCUT2D eigenvalue weighted by molar-refractivity contribution is 0.0697. The van der Waals surface area contributed by atoms with Gasteiger partial charge in [0.05, 0.1) is 21.1 Å². The van der Waals surface area contributed by atoms with E-state index in [4.69, 9.17) is 23.2 Å². The van der Waals surface area contributed by atoms with Crippen LogP contribution in [-0.2, 0) is 12.8 Å². The summed E-state index contributed by atoms with van der Waals surface area (Å²) in [5, 5.41) is 10.9. The molecular formula is C15H13Cl2NO2. The van der Waals surface area contributed by atoms with Crippen LogP contribution in [0.25, 0.3) is 10.9 Å². The Morgan fingerprint density at radius 3 is 2.85 bits per heavy atom. The SMILES string of the molecule is CC1CCc2nc3c(Cl)c(Cl)ccc3c(C(=O)O)c2C1. The van der Waals surface area contributed by atoms with Gasteiger partial charge in [-0.05, 0) is 36.8 Å². The Morgan fingerprint density at radius 2 is 2.15 bits per heavy atom. The Labute approximate surface area is 126 Å². The molecule has 0 spiro atoms. The van der Waals surface area contributed by atoms with E-state index in [0.29, 0.717) is 32.4 Å². The highest BCUT2D eigenvalue weighted by molar-refractivity contribution is 6.45. The summed E-state index contributed by atoms with van der Waals surface area (Å²) in [7, 11) is 0. The van der Waals surface area contributed by atoms with Crippen LogP contribution in [0.2, 0.25) is 10.0 Å². The molecule has 1 unspecified atom stereocenters. The van der Waals surface area contributed by atoms with Gasteiger partial charge < -0.3 is 5.11 Å². The highest BCUT2D eigenvalue weighted by atomic mass is 35.5. The van der Waals surface area contributed by atoms with Crippen LogP contribution < -0.4 is 0 Å². The normalized spacial score (nSPS) is 18.1. The number of nitrogens with zero attached hydrogens (tertiary/aromatic N) is 1. The van der Waals surface area contributed by atoms with Gasteiger partial charge in [0.25, 0.3) is 0 Å². The van der Waals surface area contributed by atoms with Gasteiger partial charge in [-0.3, -0.25) is 4.98 Å².